The number of rotatable bonds is 4. The lowest BCUT2D eigenvalue weighted by molar-refractivity contribution is 0.0696. The number of fused-ring (bicyclic) bond motifs is 1. The van der Waals surface area contributed by atoms with Crippen molar-refractivity contribution in [2.45, 2.75) is 25.9 Å². The van der Waals surface area contributed by atoms with Gasteiger partial charge in [-0.1, -0.05) is 24.1 Å². The second-order valence-electron chi connectivity index (χ2n) is 4.82. The average Bonchev–Trinajstić information content (AvgIpc) is 2.75. The van der Waals surface area contributed by atoms with Crippen LogP contribution in [0.1, 0.15) is 30.0 Å². The summed E-state index contributed by atoms with van der Waals surface area (Å²) in [4.78, 5) is 11.4. The predicted octanol–water partition coefficient (Wildman–Crippen LogP) is 2.63. The fourth-order valence-electron chi connectivity index (χ4n) is 1.81. The van der Waals surface area contributed by atoms with Crippen LogP contribution in [0.4, 0.5) is 0 Å². The molecular weight excluding hydrogens is 242 g/mol. The number of terminal acetylenes is 1. The minimum Gasteiger partial charge on any atom is -0.478 e. The molecule has 1 heterocycles. The molecule has 1 aromatic carbocycles. The summed E-state index contributed by atoms with van der Waals surface area (Å²) >= 11 is 0. The summed E-state index contributed by atoms with van der Waals surface area (Å²) in [7, 11) is 0. The molecule has 98 valence electrons. The molecule has 0 aliphatic heterocycles. The molecule has 0 unspecified atom stereocenters. The number of carbonyl (C=O) groups is 1. The van der Waals surface area contributed by atoms with Gasteiger partial charge in [0.25, 0.3) is 0 Å². The highest BCUT2D eigenvalue weighted by Crippen LogP contribution is 2.26. The van der Waals surface area contributed by atoms with Gasteiger partial charge < -0.3 is 9.52 Å². The molecule has 4 nitrogen and oxygen atoms in total. The van der Waals surface area contributed by atoms with Crippen LogP contribution in [-0.4, -0.2) is 16.6 Å². The van der Waals surface area contributed by atoms with Gasteiger partial charge in [0.1, 0.15) is 16.9 Å². The highest BCUT2D eigenvalue weighted by molar-refractivity contribution is 6.03. The number of para-hydroxylation sites is 1. The van der Waals surface area contributed by atoms with E-state index in [4.69, 9.17) is 10.8 Å². The number of aromatic carboxylic acids is 1. The Morgan fingerprint density at radius 2 is 2.16 bits per heavy atom. The summed E-state index contributed by atoms with van der Waals surface area (Å²) < 4.78 is 5.59. The number of hydrogen-bond donors (Lipinski definition) is 2. The molecule has 0 radical (unpaired) electrons. The van der Waals surface area contributed by atoms with E-state index in [1.54, 1.807) is 24.3 Å². The molecule has 1 aromatic heterocycles. The van der Waals surface area contributed by atoms with E-state index in [2.05, 4.69) is 11.2 Å². The van der Waals surface area contributed by atoms with Crippen LogP contribution in [0.15, 0.2) is 28.7 Å². The summed E-state index contributed by atoms with van der Waals surface area (Å²) in [6.07, 6.45) is 5.38. The van der Waals surface area contributed by atoms with Crippen molar-refractivity contribution in [1.29, 1.82) is 0 Å². The first-order chi connectivity index (χ1) is 8.94. The fourth-order valence-corrected chi connectivity index (χ4v) is 1.81. The number of nitrogens with one attached hydrogen (secondary N) is 1. The molecule has 0 spiro atoms. The largest absolute Gasteiger partial charge is 0.478 e. The van der Waals surface area contributed by atoms with Crippen LogP contribution in [0.5, 0.6) is 0 Å². The van der Waals surface area contributed by atoms with Gasteiger partial charge in [-0.15, -0.1) is 6.42 Å². The molecule has 0 saturated heterocycles. The Morgan fingerprint density at radius 3 is 2.79 bits per heavy atom. The molecule has 0 saturated carbocycles. The summed E-state index contributed by atoms with van der Waals surface area (Å²) in [5.41, 5.74) is 0.237. The van der Waals surface area contributed by atoms with Crippen LogP contribution in [-0.2, 0) is 6.54 Å². The first-order valence-corrected chi connectivity index (χ1v) is 5.91. The SMILES string of the molecule is C#CC(C)(C)NCc1oc2ccccc2c1C(=O)O. The molecular formula is C15H15NO3. The second kappa shape index (κ2) is 4.79. The molecule has 0 aliphatic carbocycles. The zero-order chi connectivity index (χ0) is 14.0. The minimum atomic E-state index is -1.000. The first-order valence-electron chi connectivity index (χ1n) is 5.91. The monoisotopic (exact) mass is 257 g/mol. The van der Waals surface area contributed by atoms with Crippen molar-refractivity contribution < 1.29 is 14.3 Å². The molecule has 2 rings (SSSR count). The Balaban J connectivity index is 2.41. The third-order valence-electron chi connectivity index (χ3n) is 2.93. The highest BCUT2D eigenvalue weighted by atomic mass is 16.4. The van der Waals surface area contributed by atoms with E-state index in [0.29, 0.717) is 16.7 Å². The van der Waals surface area contributed by atoms with Crippen molar-refractivity contribution in [3.05, 3.63) is 35.6 Å². The molecule has 0 bridgehead atoms. The Bertz CT molecular complexity index is 662. The maximum atomic E-state index is 11.4. The molecule has 0 atom stereocenters. The second-order valence-corrected chi connectivity index (χ2v) is 4.82. The normalized spacial score (nSPS) is 11.4. The van der Waals surface area contributed by atoms with Crippen LogP contribution in [0.3, 0.4) is 0 Å². The number of carboxylic acids is 1. The lowest BCUT2D eigenvalue weighted by atomic mass is 10.1. The van der Waals surface area contributed by atoms with Gasteiger partial charge in [-0.3, -0.25) is 5.32 Å². The van der Waals surface area contributed by atoms with Gasteiger partial charge in [0.15, 0.2) is 0 Å². The Kier molecular flexibility index (Phi) is 3.32. The molecule has 0 aliphatic rings. The number of benzene rings is 1. The number of hydrogen-bond acceptors (Lipinski definition) is 3. The van der Waals surface area contributed by atoms with Gasteiger partial charge in [-0.05, 0) is 19.9 Å². The van der Waals surface area contributed by atoms with Crippen molar-refractivity contribution in [3.8, 4) is 12.3 Å². The van der Waals surface area contributed by atoms with E-state index in [1.165, 1.54) is 0 Å². The predicted molar refractivity (Wildman–Crippen MR) is 72.9 cm³/mol. The van der Waals surface area contributed by atoms with E-state index in [-0.39, 0.29) is 12.1 Å². The summed E-state index contributed by atoms with van der Waals surface area (Å²) in [6, 6.07) is 7.07. The maximum absolute atomic E-state index is 11.4. The van der Waals surface area contributed by atoms with E-state index >= 15 is 0 Å². The van der Waals surface area contributed by atoms with E-state index in [0.717, 1.165) is 0 Å². The van der Waals surface area contributed by atoms with Crippen LogP contribution in [0, 0.1) is 12.3 Å². The van der Waals surface area contributed by atoms with Crippen molar-refractivity contribution in [2.75, 3.05) is 0 Å². The van der Waals surface area contributed by atoms with Crippen molar-refractivity contribution in [1.82, 2.24) is 5.32 Å². The number of carboxylic acid groups (broad SMARTS) is 1. The van der Waals surface area contributed by atoms with Crippen LogP contribution < -0.4 is 5.32 Å². The lowest BCUT2D eigenvalue weighted by Crippen LogP contribution is -2.37. The third kappa shape index (κ3) is 2.61. The van der Waals surface area contributed by atoms with Gasteiger partial charge >= 0.3 is 5.97 Å². The van der Waals surface area contributed by atoms with Crippen LogP contribution in [0.2, 0.25) is 0 Å². The Morgan fingerprint density at radius 1 is 1.47 bits per heavy atom. The van der Waals surface area contributed by atoms with Crippen molar-refractivity contribution >= 4 is 16.9 Å². The first kappa shape index (κ1) is 13.2. The number of furan rings is 1. The summed E-state index contributed by atoms with van der Waals surface area (Å²) in [5.74, 6) is 1.98. The van der Waals surface area contributed by atoms with Crippen molar-refractivity contribution in [3.63, 3.8) is 0 Å². The highest BCUT2D eigenvalue weighted by Gasteiger charge is 2.21. The Hall–Kier alpha value is -2.25. The quantitative estimate of drug-likeness (QED) is 0.826. The van der Waals surface area contributed by atoms with Gasteiger partial charge in [0.2, 0.25) is 0 Å². The van der Waals surface area contributed by atoms with Crippen LogP contribution in [0.25, 0.3) is 11.0 Å². The van der Waals surface area contributed by atoms with Gasteiger partial charge in [-0.25, -0.2) is 4.79 Å². The van der Waals surface area contributed by atoms with E-state index < -0.39 is 11.5 Å². The molecule has 2 N–H and O–H groups in total. The van der Waals surface area contributed by atoms with Crippen LogP contribution >= 0.6 is 0 Å². The lowest BCUT2D eigenvalue weighted by Gasteiger charge is -2.18. The van der Waals surface area contributed by atoms with E-state index in [9.17, 15) is 9.90 Å². The molecule has 2 aromatic rings. The Labute approximate surface area is 111 Å². The zero-order valence-electron chi connectivity index (χ0n) is 10.9. The van der Waals surface area contributed by atoms with E-state index in [1.807, 2.05) is 13.8 Å². The minimum absolute atomic E-state index is 0.191. The van der Waals surface area contributed by atoms with Crippen molar-refractivity contribution in [2.24, 2.45) is 0 Å². The summed E-state index contributed by atoms with van der Waals surface area (Å²) in [6.45, 7) is 3.96. The maximum Gasteiger partial charge on any atom is 0.339 e. The van der Waals surface area contributed by atoms with Gasteiger partial charge in [0.05, 0.1) is 12.1 Å². The standard InChI is InChI=1S/C15H15NO3/c1-4-15(2,3)16-9-12-13(14(17)18)10-7-5-6-8-11(10)19-12/h1,5-8,16H,9H2,2-3H3,(H,17,18). The zero-order valence-corrected chi connectivity index (χ0v) is 10.9. The molecule has 0 fully saturated rings. The molecule has 0 amide bonds. The molecule has 19 heavy (non-hydrogen) atoms. The van der Waals surface area contributed by atoms with Gasteiger partial charge in [0, 0.05) is 5.39 Å². The van der Waals surface area contributed by atoms with Gasteiger partial charge in [-0.2, -0.15) is 0 Å². The smallest absolute Gasteiger partial charge is 0.339 e. The fraction of sp³-hybridized carbons (Fsp3) is 0.267. The molecule has 4 heteroatoms. The third-order valence-corrected chi connectivity index (χ3v) is 2.93. The summed E-state index contributed by atoms with van der Waals surface area (Å²) in [5, 5.41) is 13.0. The topological polar surface area (TPSA) is 62.5 Å². The average molecular weight is 257 g/mol.